The van der Waals surface area contributed by atoms with Gasteiger partial charge in [-0.15, -0.1) is 0 Å². The maximum Gasteiger partial charge on any atom is 0.271 e. The number of hydrogen-bond donors (Lipinski definition) is 2. The monoisotopic (exact) mass is 405 g/mol. The zero-order valence-corrected chi connectivity index (χ0v) is 17.1. The number of hydrazone groups is 1. The molecular formula is C23H23N3O4. The first-order valence-corrected chi connectivity index (χ1v) is 9.34. The molecule has 0 aliphatic rings. The van der Waals surface area contributed by atoms with Gasteiger partial charge < -0.3 is 14.8 Å². The van der Waals surface area contributed by atoms with Gasteiger partial charge in [0.1, 0.15) is 0 Å². The van der Waals surface area contributed by atoms with E-state index in [1.54, 1.807) is 25.1 Å². The molecule has 0 aliphatic heterocycles. The second-order valence-corrected chi connectivity index (χ2v) is 6.64. The summed E-state index contributed by atoms with van der Waals surface area (Å²) in [5.41, 5.74) is 4.00. The summed E-state index contributed by atoms with van der Waals surface area (Å²) in [6.45, 7) is 1.68. The van der Waals surface area contributed by atoms with Crippen LogP contribution < -0.4 is 20.2 Å². The fourth-order valence-corrected chi connectivity index (χ4v) is 2.93. The number of ether oxygens (including phenoxy) is 2. The van der Waals surface area contributed by atoms with Crippen molar-refractivity contribution in [1.82, 2.24) is 5.43 Å². The van der Waals surface area contributed by atoms with Crippen LogP contribution in [0.2, 0.25) is 0 Å². The minimum Gasteiger partial charge on any atom is -0.493 e. The predicted molar refractivity (Wildman–Crippen MR) is 117 cm³/mol. The molecule has 0 spiro atoms. The van der Waals surface area contributed by atoms with Gasteiger partial charge >= 0.3 is 0 Å². The number of benzene rings is 3. The third-order valence-corrected chi connectivity index (χ3v) is 4.44. The Bertz CT molecular complexity index is 1110. The maximum atomic E-state index is 12.3. The molecule has 2 N–H and O–H groups in total. The third kappa shape index (κ3) is 5.14. The van der Waals surface area contributed by atoms with Gasteiger partial charge in [0.25, 0.3) is 5.91 Å². The van der Waals surface area contributed by atoms with E-state index in [-0.39, 0.29) is 12.3 Å². The molecule has 0 saturated heterocycles. The number of anilines is 1. The molecule has 0 aromatic heterocycles. The van der Waals surface area contributed by atoms with E-state index in [1.807, 2.05) is 42.5 Å². The minimum atomic E-state index is -0.412. The standard InChI is InChI=1S/C23H23N3O4/c1-15(25-26-23(28)18-9-11-20(29-2)21(14-18)30-3)12-22(27)24-19-10-8-16-6-4-5-7-17(16)13-19/h4-11,13-14H,12H2,1-3H3,(H,24,27)(H,26,28)/b25-15-. The summed E-state index contributed by atoms with van der Waals surface area (Å²) >= 11 is 0. The number of nitrogens with one attached hydrogen (secondary N) is 2. The van der Waals surface area contributed by atoms with Gasteiger partial charge in [0.2, 0.25) is 5.91 Å². The first-order valence-electron chi connectivity index (χ1n) is 9.34. The highest BCUT2D eigenvalue weighted by Crippen LogP contribution is 2.27. The molecule has 154 valence electrons. The molecule has 0 saturated carbocycles. The fourth-order valence-electron chi connectivity index (χ4n) is 2.93. The van der Waals surface area contributed by atoms with Crippen LogP contribution >= 0.6 is 0 Å². The minimum absolute atomic E-state index is 0.0546. The molecule has 7 nitrogen and oxygen atoms in total. The molecule has 0 bridgehead atoms. The Morgan fingerprint density at radius 3 is 2.37 bits per heavy atom. The zero-order valence-electron chi connectivity index (χ0n) is 17.1. The molecule has 0 heterocycles. The van der Waals surface area contributed by atoms with Crippen LogP contribution in [0, 0.1) is 0 Å². The summed E-state index contributed by atoms with van der Waals surface area (Å²) in [6, 6.07) is 18.4. The highest BCUT2D eigenvalue weighted by molar-refractivity contribution is 6.06. The van der Waals surface area contributed by atoms with E-state index in [1.165, 1.54) is 14.2 Å². The lowest BCUT2D eigenvalue weighted by molar-refractivity contribution is -0.115. The SMILES string of the molecule is COc1ccc(C(=O)N/N=C(/C)CC(=O)Nc2ccc3ccccc3c2)cc1OC. The lowest BCUT2D eigenvalue weighted by Crippen LogP contribution is -2.21. The Hall–Kier alpha value is -3.87. The highest BCUT2D eigenvalue weighted by Gasteiger charge is 2.11. The van der Waals surface area contributed by atoms with Gasteiger partial charge in [-0.25, -0.2) is 5.43 Å². The van der Waals surface area contributed by atoms with Gasteiger partial charge in [-0.05, 0) is 48.0 Å². The van der Waals surface area contributed by atoms with E-state index >= 15 is 0 Å². The number of methoxy groups -OCH3 is 2. The summed E-state index contributed by atoms with van der Waals surface area (Å²) in [6.07, 6.45) is 0.0546. The van der Waals surface area contributed by atoms with Crippen molar-refractivity contribution < 1.29 is 19.1 Å². The second-order valence-electron chi connectivity index (χ2n) is 6.64. The summed E-state index contributed by atoms with van der Waals surface area (Å²) < 4.78 is 10.4. The van der Waals surface area contributed by atoms with Crippen molar-refractivity contribution in [1.29, 1.82) is 0 Å². The number of rotatable bonds is 7. The molecule has 3 aromatic rings. The molecule has 0 atom stereocenters. The molecule has 0 aliphatic carbocycles. The first kappa shape index (κ1) is 20.9. The van der Waals surface area contributed by atoms with Crippen molar-refractivity contribution in [3.63, 3.8) is 0 Å². The first-order chi connectivity index (χ1) is 14.5. The number of nitrogens with zero attached hydrogens (tertiary/aromatic N) is 1. The van der Waals surface area contributed by atoms with Crippen LogP contribution in [0.3, 0.4) is 0 Å². The van der Waals surface area contributed by atoms with Crippen molar-refractivity contribution in [2.75, 3.05) is 19.5 Å². The van der Waals surface area contributed by atoms with E-state index in [2.05, 4.69) is 15.8 Å². The number of fused-ring (bicyclic) bond motifs is 1. The fraction of sp³-hybridized carbons (Fsp3) is 0.174. The second kappa shape index (κ2) is 9.56. The smallest absolute Gasteiger partial charge is 0.271 e. The molecule has 0 unspecified atom stereocenters. The van der Waals surface area contributed by atoms with Crippen LogP contribution in [-0.2, 0) is 4.79 Å². The van der Waals surface area contributed by atoms with Crippen molar-refractivity contribution in [2.45, 2.75) is 13.3 Å². The van der Waals surface area contributed by atoms with Crippen molar-refractivity contribution in [2.24, 2.45) is 5.10 Å². The van der Waals surface area contributed by atoms with Crippen LogP contribution in [0.1, 0.15) is 23.7 Å². The molecule has 0 radical (unpaired) electrons. The maximum absolute atomic E-state index is 12.3. The Labute approximate surface area is 174 Å². The van der Waals surface area contributed by atoms with Crippen LogP contribution in [0.4, 0.5) is 5.69 Å². The summed E-state index contributed by atoms with van der Waals surface area (Å²) in [5.74, 6) is 0.344. The average molecular weight is 405 g/mol. The average Bonchev–Trinajstić information content (AvgIpc) is 2.76. The molecule has 30 heavy (non-hydrogen) atoms. The summed E-state index contributed by atoms with van der Waals surface area (Å²) in [4.78, 5) is 24.6. The quantitative estimate of drug-likeness (QED) is 0.459. The number of carbonyl (C=O) groups excluding carboxylic acids is 2. The normalized spacial score (nSPS) is 11.1. The van der Waals surface area contributed by atoms with Crippen LogP contribution in [0.25, 0.3) is 10.8 Å². The summed E-state index contributed by atoms with van der Waals surface area (Å²) in [7, 11) is 3.02. The number of amides is 2. The van der Waals surface area contributed by atoms with E-state index < -0.39 is 5.91 Å². The number of carbonyl (C=O) groups is 2. The Balaban J connectivity index is 1.58. The van der Waals surface area contributed by atoms with Crippen LogP contribution in [-0.4, -0.2) is 31.7 Å². The van der Waals surface area contributed by atoms with Gasteiger partial charge in [-0.1, -0.05) is 30.3 Å². The van der Waals surface area contributed by atoms with E-state index in [0.717, 1.165) is 10.8 Å². The lowest BCUT2D eigenvalue weighted by atomic mass is 10.1. The Morgan fingerprint density at radius 1 is 0.900 bits per heavy atom. The van der Waals surface area contributed by atoms with Crippen LogP contribution in [0.5, 0.6) is 11.5 Å². The van der Waals surface area contributed by atoms with Crippen molar-refractivity contribution in [3.05, 3.63) is 66.2 Å². The lowest BCUT2D eigenvalue weighted by Gasteiger charge is -2.09. The van der Waals surface area contributed by atoms with Crippen LogP contribution in [0.15, 0.2) is 65.8 Å². The molecule has 3 aromatic carbocycles. The van der Waals surface area contributed by atoms with Gasteiger partial charge in [0.05, 0.1) is 20.6 Å². The highest BCUT2D eigenvalue weighted by atomic mass is 16.5. The van der Waals surface area contributed by atoms with E-state index in [4.69, 9.17) is 9.47 Å². The Morgan fingerprint density at radius 2 is 1.63 bits per heavy atom. The molecule has 0 fully saturated rings. The van der Waals surface area contributed by atoms with Gasteiger partial charge in [-0.2, -0.15) is 5.10 Å². The van der Waals surface area contributed by atoms with E-state index in [9.17, 15) is 9.59 Å². The predicted octanol–water partition coefficient (Wildman–Crippen LogP) is 3.99. The van der Waals surface area contributed by atoms with Crippen molar-refractivity contribution >= 4 is 34.0 Å². The number of hydrogen-bond acceptors (Lipinski definition) is 5. The van der Waals surface area contributed by atoms with E-state index in [0.29, 0.717) is 28.5 Å². The Kier molecular flexibility index (Phi) is 6.64. The molecule has 7 heteroatoms. The topological polar surface area (TPSA) is 89.0 Å². The van der Waals surface area contributed by atoms with Gasteiger partial charge in [0, 0.05) is 17.0 Å². The van der Waals surface area contributed by atoms with Gasteiger partial charge in [0.15, 0.2) is 11.5 Å². The third-order valence-electron chi connectivity index (χ3n) is 4.44. The molecule has 3 rings (SSSR count). The summed E-state index contributed by atoms with van der Waals surface area (Å²) in [5, 5.41) is 9.01. The zero-order chi connectivity index (χ0) is 21.5. The largest absolute Gasteiger partial charge is 0.493 e. The van der Waals surface area contributed by atoms with Gasteiger partial charge in [-0.3, -0.25) is 9.59 Å². The van der Waals surface area contributed by atoms with Crippen molar-refractivity contribution in [3.8, 4) is 11.5 Å². The molecular weight excluding hydrogens is 382 g/mol. The molecule has 2 amide bonds.